The van der Waals surface area contributed by atoms with Crippen LogP contribution in [-0.4, -0.2) is 53.5 Å². The van der Waals surface area contributed by atoms with Crippen LogP contribution in [0.5, 0.6) is 5.75 Å². The number of carbonyl (C=O) groups excluding carboxylic acids is 2. The predicted octanol–water partition coefficient (Wildman–Crippen LogP) is 5.63. The van der Waals surface area contributed by atoms with Gasteiger partial charge in [-0.1, -0.05) is 60.1 Å². The molecule has 1 fully saturated rings. The van der Waals surface area contributed by atoms with Gasteiger partial charge >= 0.3 is 0 Å². The number of nitrogens with zero attached hydrogens (tertiary/aromatic N) is 3. The molecule has 1 aromatic heterocycles. The van der Waals surface area contributed by atoms with E-state index in [1.54, 1.807) is 28.0 Å². The minimum absolute atomic E-state index is 0.0134. The number of rotatable bonds is 10. The standard InChI is InChI=1S/C29H34ClN3O4/c1-3-9-25-17-26(31-37-25)28(35)33-15-8-14-29(20-33,21-36-24-13-7-12-23(30)16-24)18-27(34)32(2)19-22-10-5-4-6-11-22/h4-7,10-13,16-17H,3,8-9,14-15,18-21H2,1-2H3/t29-/m1/s1. The number of aryl methyl sites for hydroxylation is 1. The Kier molecular flexibility index (Phi) is 8.87. The fraction of sp³-hybridized carbons (Fsp3) is 0.414. The van der Waals surface area contributed by atoms with Crippen LogP contribution in [0.2, 0.25) is 5.02 Å². The van der Waals surface area contributed by atoms with E-state index in [2.05, 4.69) is 12.1 Å². The van der Waals surface area contributed by atoms with Crippen molar-refractivity contribution in [3.63, 3.8) is 0 Å². The van der Waals surface area contributed by atoms with Crippen LogP contribution in [0.3, 0.4) is 0 Å². The molecular weight excluding hydrogens is 490 g/mol. The third-order valence-corrected chi connectivity index (χ3v) is 7.01. The Bertz CT molecular complexity index is 1200. The van der Waals surface area contributed by atoms with Crippen molar-refractivity contribution in [2.45, 2.75) is 45.6 Å². The van der Waals surface area contributed by atoms with Crippen molar-refractivity contribution in [2.75, 3.05) is 26.7 Å². The van der Waals surface area contributed by atoms with E-state index in [0.717, 1.165) is 31.2 Å². The van der Waals surface area contributed by atoms with E-state index in [1.807, 2.05) is 49.5 Å². The fourth-order valence-corrected chi connectivity index (χ4v) is 5.01. The number of benzene rings is 2. The van der Waals surface area contributed by atoms with Gasteiger partial charge in [-0.25, -0.2) is 0 Å². The molecule has 0 unspecified atom stereocenters. The molecule has 0 radical (unpaired) electrons. The zero-order chi connectivity index (χ0) is 26.3. The zero-order valence-electron chi connectivity index (χ0n) is 21.5. The molecule has 3 aromatic rings. The first-order chi connectivity index (χ1) is 17.9. The number of halogens is 1. The van der Waals surface area contributed by atoms with Crippen molar-refractivity contribution in [1.29, 1.82) is 0 Å². The van der Waals surface area contributed by atoms with E-state index in [1.165, 1.54) is 0 Å². The molecule has 2 amide bonds. The van der Waals surface area contributed by atoms with Crippen LogP contribution >= 0.6 is 11.6 Å². The first-order valence-electron chi connectivity index (χ1n) is 12.8. The van der Waals surface area contributed by atoms with E-state index in [0.29, 0.717) is 48.5 Å². The number of ether oxygens (including phenoxy) is 1. The molecular formula is C29H34ClN3O4. The van der Waals surface area contributed by atoms with Gasteiger partial charge in [0.15, 0.2) is 5.69 Å². The molecule has 2 heterocycles. The average Bonchev–Trinajstić information content (AvgIpc) is 3.37. The second-order valence-electron chi connectivity index (χ2n) is 9.92. The summed E-state index contributed by atoms with van der Waals surface area (Å²) in [4.78, 5) is 30.3. The Morgan fingerprint density at radius 1 is 1.16 bits per heavy atom. The Balaban J connectivity index is 1.51. The van der Waals surface area contributed by atoms with Crippen LogP contribution in [0, 0.1) is 5.41 Å². The minimum Gasteiger partial charge on any atom is -0.493 e. The summed E-state index contributed by atoms with van der Waals surface area (Å²) in [5.74, 6) is 1.18. The van der Waals surface area contributed by atoms with Gasteiger partial charge in [0.25, 0.3) is 5.91 Å². The lowest BCUT2D eigenvalue weighted by Gasteiger charge is -2.42. The van der Waals surface area contributed by atoms with Crippen LogP contribution in [0.1, 0.15) is 54.4 Å². The van der Waals surface area contributed by atoms with Crippen molar-refractivity contribution in [2.24, 2.45) is 5.41 Å². The molecule has 7 nitrogen and oxygen atoms in total. The van der Waals surface area contributed by atoms with Gasteiger partial charge < -0.3 is 19.1 Å². The molecule has 0 N–H and O–H groups in total. The first kappa shape index (κ1) is 26.7. The van der Waals surface area contributed by atoms with Crippen molar-refractivity contribution >= 4 is 23.4 Å². The van der Waals surface area contributed by atoms with E-state index < -0.39 is 5.41 Å². The molecule has 8 heteroatoms. The number of amides is 2. The van der Waals surface area contributed by atoms with Gasteiger partial charge in [0, 0.05) is 56.0 Å². The lowest BCUT2D eigenvalue weighted by Crippen LogP contribution is -2.50. The quantitative estimate of drug-likeness (QED) is 0.344. The third kappa shape index (κ3) is 7.13. The molecule has 0 saturated carbocycles. The number of hydrogen-bond donors (Lipinski definition) is 0. The van der Waals surface area contributed by atoms with Crippen molar-refractivity contribution in [3.05, 3.63) is 82.7 Å². The molecule has 1 atom stereocenters. The Morgan fingerprint density at radius 3 is 2.73 bits per heavy atom. The normalized spacial score (nSPS) is 17.4. The fourth-order valence-electron chi connectivity index (χ4n) is 4.83. The second-order valence-corrected chi connectivity index (χ2v) is 10.4. The third-order valence-electron chi connectivity index (χ3n) is 6.78. The SMILES string of the molecule is CCCc1cc(C(=O)N2CCC[C@@](COc3cccc(Cl)c3)(CC(=O)N(C)Cc3ccccc3)C2)no1. The Labute approximate surface area is 223 Å². The number of hydrogen-bond acceptors (Lipinski definition) is 5. The van der Waals surface area contributed by atoms with E-state index in [4.69, 9.17) is 20.9 Å². The van der Waals surface area contributed by atoms with Gasteiger partial charge in [-0.15, -0.1) is 0 Å². The zero-order valence-corrected chi connectivity index (χ0v) is 22.2. The first-order valence-corrected chi connectivity index (χ1v) is 13.2. The van der Waals surface area contributed by atoms with Crippen LogP contribution in [0.25, 0.3) is 0 Å². The smallest absolute Gasteiger partial charge is 0.276 e. The van der Waals surface area contributed by atoms with Gasteiger partial charge in [-0.2, -0.15) is 0 Å². The van der Waals surface area contributed by atoms with Crippen LogP contribution < -0.4 is 4.74 Å². The number of aromatic nitrogens is 1. The van der Waals surface area contributed by atoms with Crippen LogP contribution in [0.4, 0.5) is 0 Å². The Morgan fingerprint density at radius 2 is 1.97 bits per heavy atom. The van der Waals surface area contributed by atoms with Crippen LogP contribution in [-0.2, 0) is 17.8 Å². The lowest BCUT2D eigenvalue weighted by atomic mass is 9.77. The predicted molar refractivity (Wildman–Crippen MR) is 143 cm³/mol. The topological polar surface area (TPSA) is 75.9 Å². The van der Waals surface area contributed by atoms with E-state index in [9.17, 15) is 9.59 Å². The highest BCUT2D eigenvalue weighted by atomic mass is 35.5. The molecule has 0 aliphatic carbocycles. The molecule has 0 spiro atoms. The van der Waals surface area contributed by atoms with Gasteiger partial charge in [0.1, 0.15) is 11.5 Å². The molecule has 2 aromatic carbocycles. The average molecular weight is 524 g/mol. The summed E-state index contributed by atoms with van der Waals surface area (Å²) in [5.41, 5.74) is 0.827. The largest absolute Gasteiger partial charge is 0.493 e. The molecule has 37 heavy (non-hydrogen) atoms. The molecule has 1 aliphatic heterocycles. The highest BCUT2D eigenvalue weighted by molar-refractivity contribution is 6.30. The maximum absolute atomic E-state index is 13.4. The van der Waals surface area contributed by atoms with Gasteiger partial charge in [0.2, 0.25) is 5.91 Å². The summed E-state index contributed by atoms with van der Waals surface area (Å²) in [5, 5.41) is 4.59. The van der Waals surface area contributed by atoms with E-state index >= 15 is 0 Å². The van der Waals surface area contributed by atoms with Gasteiger partial charge in [-0.3, -0.25) is 9.59 Å². The van der Waals surface area contributed by atoms with Crippen molar-refractivity contribution in [3.8, 4) is 5.75 Å². The summed E-state index contributed by atoms with van der Waals surface area (Å²) >= 11 is 6.15. The maximum Gasteiger partial charge on any atom is 0.276 e. The molecule has 1 aliphatic rings. The minimum atomic E-state index is -0.547. The Hall–Kier alpha value is -3.32. The molecule has 196 valence electrons. The molecule has 0 bridgehead atoms. The highest BCUT2D eigenvalue weighted by Crippen LogP contribution is 2.36. The highest BCUT2D eigenvalue weighted by Gasteiger charge is 2.41. The van der Waals surface area contributed by atoms with Crippen LogP contribution in [0.15, 0.2) is 65.2 Å². The summed E-state index contributed by atoms with van der Waals surface area (Å²) < 4.78 is 11.5. The van der Waals surface area contributed by atoms with Crippen molar-refractivity contribution < 1.29 is 18.8 Å². The summed E-state index contributed by atoms with van der Waals surface area (Å²) in [6.07, 6.45) is 3.44. The summed E-state index contributed by atoms with van der Waals surface area (Å²) in [6, 6.07) is 18.9. The van der Waals surface area contributed by atoms with Gasteiger partial charge in [-0.05, 0) is 43.0 Å². The maximum atomic E-state index is 13.4. The second kappa shape index (κ2) is 12.3. The van der Waals surface area contributed by atoms with Crippen molar-refractivity contribution in [1.82, 2.24) is 15.0 Å². The number of likely N-dealkylation sites (tertiary alicyclic amines) is 1. The lowest BCUT2D eigenvalue weighted by molar-refractivity contribution is -0.134. The number of piperidine rings is 1. The summed E-state index contributed by atoms with van der Waals surface area (Å²) in [6.45, 7) is 3.86. The molecule has 4 rings (SSSR count). The van der Waals surface area contributed by atoms with Gasteiger partial charge in [0.05, 0.1) is 6.61 Å². The summed E-state index contributed by atoms with van der Waals surface area (Å²) in [7, 11) is 1.82. The monoisotopic (exact) mass is 523 g/mol. The number of carbonyl (C=O) groups is 2. The van der Waals surface area contributed by atoms with E-state index in [-0.39, 0.29) is 18.2 Å². The molecule has 1 saturated heterocycles.